The molecule has 0 amide bonds. The Morgan fingerprint density at radius 3 is 2.56 bits per heavy atom. The third kappa shape index (κ3) is 1.98. The van der Waals surface area contributed by atoms with Crippen molar-refractivity contribution in [2.24, 2.45) is 5.73 Å². The molecule has 4 heteroatoms. The summed E-state index contributed by atoms with van der Waals surface area (Å²) in [6.45, 7) is 0.557. The fraction of sp³-hybridized carbons (Fsp3) is 0.0714. The molecule has 0 radical (unpaired) electrons. The molecule has 1 aromatic carbocycles. The van der Waals surface area contributed by atoms with E-state index in [2.05, 4.69) is 4.98 Å². The van der Waals surface area contributed by atoms with Gasteiger partial charge in [-0.3, -0.25) is 0 Å². The summed E-state index contributed by atoms with van der Waals surface area (Å²) in [6, 6.07) is 11.8. The molecular formula is C14H12ClN3. The summed E-state index contributed by atoms with van der Waals surface area (Å²) in [4.78, 5) is 4.55. The molecule has 0 saturated heterocycles. The van der Waals surface area contributed by atoms with Gasteiger partial charge in [-0.25, -0.2) is 4.98 Å². The number of nitrogens with zero attached hydrogens (tertiary/aromatic N) is 2. The molecule has 0 aliphatic heterocycles. The van der Waals surface area contributed by atoms with Crippen molar-refractivity contribution in [3.63, 3.8) is 0 Å². The van der Waals surface area contributed by atoms with Crippen LogP contribution in [-0.4, -0.2) is 9.38 Å². The first-order valence-corrected chi connectivity index (χ1v) is 6.08. The zero-order chi connectivity index (χ0) is 12.5. The lowest BCUT2D eigenvalue weighted by Gasteiger charge is -1.98. The van der Waals surface area contributed by atoms with Crippen LogP contribution in [0, 0.1) is 0 Å². The molecule has 0 fully saturated rings. The molecule has 2 heterocycles. The number of hydrogen-bond acceptors (Lipinski definition) is 2. The van der Waals surface area contributed by atoms with Crippen molar-refractivity contribution in [1.29, 1.82) is 0 Å². The predicted molar refractivity (Wildman–Crippen MR) is 73.5 cm³/mol. The molecule has 0 aliphatic rings. The quantitative estimate of drug-likeness (QED) is 0.767. The second kappa shape index (κ2) is 4.44. The van der Waals surface area contributed by atoms with Crippen molar-refractivity contribution in [3.05, 3.63) is 59.4 Å². The van der Waals surface area contributed by atoms with Gasteiger partial charge in [0.15, 0.2) is 0 Å². The van der Waals surface area contributed by atoms with Crippen molar-refractivity contribution in [1.82, 2.24) is 9.38 Å². The number of aromatic nitrogens is 2. The van der Waals surface area contributed by atoms with Gasteiger partial charge in [-0.1, -0.05) is 35.9 Å². The van der Waals surface area contributed by atoms with Gasteiger partial charge < -0.3 is 10.1 Å². The number of benzene rings is 1. The molecule has 0 saturated carbocycles. The highest BCUT2D eigenvalue weighted by molar-refractivity contribution is 6.30. The van der Waals surface area contributed by atoms with E-state index in [0.29, 0.717) is 11.6 Å². The second-order valence-electron chi connectivity index (χ2n) is 4.14. The first-order chi connectivity index (χ1) is 8.76. The van der Waals surface area contributed by atoms with Crippen LogP contribution in [0.15, 0.2) is 48.8 Å². The number of halogens is 1. The standard InChI is InChI=1S/C14H12ClN3/c15-12-5-6-14-17-13(9-18(14)8-12)11-3-1-10(7-16)2-4-11/h1-6,8-9H,7,16H2. The van der Waals surface area contributed by atoms with Gasteiger partial charge in [-0.15, -0.1) is 0 Å². The van der Waals surface area contributed by atoms with E-state index in [1.165, 1.54) is 0 Å². The zero-order valence-electron chi connectivity index (χ0n) is 9.68. The smallest absolute Gasteiger partial charge is 0.137 e. The molecule has 90 valence electrons. The molecule has 0 unspecified atom stereocenters. The van der Waals surface area contributed by atoms with Gasteiger partial charge in [0, 0.05) is 24.5 Å². The molecule has 0 aliphatic carbocycles. The Hall–Kier alpha value is -1.84. The Labute approximate surface area is 110 Å². The summed E-state index contributed by atoms with van der Waals surface area (Å²) < 4.78 is 1.93. The summed E-state index contributed by atoms with van der Waals surface area (Å²) >= 11 is 5.95. The number of fused-ring (bicyclic) bond motifs is 1. The number of imidazole rings is 1. The van der Waals surface area contributed by atoms with E-state index in [1.54, 1.807) is 0 Å². The first-order valence-electron chi connectivity index (χ1n) is 5.70. The minimum absolute atomic E-state index is 0.557. The van der Waals surface area contributed by atoms with Gasteiger partial charge >= 0.3 is 0 Å². The van der Waals surface area contributed by atoms with E-state index in [-0.39, 0.29) is 0 Å². The van der Waals surface area contributed by atoms with Gasteiger partial charge in [0.1, 0.15) is 5.65 Å². The van der Waals surface area contributed by atoms with Crippen LogP contribution in [0.4, 0.5) is 0 Å². The Morgan fingerprint density at radius 2 is 1.83 bits per heavy atom. The van der Waals surface area contributed by atoms with Crippen LogP contribution in [-0.2, 0) is 6.54 Å². The number of hydrogen-bond donors (Lipinski definition) is 1. The van der Waals surface area contributed by atoms with Crippen molar-refractivity contribution < 1.29 is 0 Å². The summed E-state index contributed by atoms with van der Waals surface area (Å²) in [7, 11) is 0. The van der Waals surface area contributed by atoms with E-state index < -0.39 is 0 Å². The largest absolute Gasteiger partial charge is 0.326 e. The van der Waals surface area contributed by atoms with Crippen LogP contribution in [0.25, 0.3) is 16.9 Å². The predicted octanol–water partition coefficient (Wildman–Crippen LogP) is 3.11. The van der Waals surface area contributed by atoms with Gasteiger partial charge in [0.05, 0.1) is 10.7 Å². The normalized spacial score (nSPS) is 11.0. The topological polar surface area (TPSA) is 43.3 Å². The van der Waals surface area contributed by atoms with E-state index in [1.807, 2.05) is 53.2 Å². The Bertz CT molecular complexity index is 686. The van der Waals surface area contributed by atoms with Crippen LogP contribution in [0.3, 0.4) is 0 Å². The van der Waals surface area contributed by atoms with Crippen LogP contribution < -0.4 is 5.73 Å². The molecular weight excluding hydrogens is 246 g/mol. The van der Waals surface area contributed by atoms with Crippen LogP contribution in [0.1, 0.15) is 5.56 Å². The monoisotopic (exact) mass is 257 g/mol. The SMILES string of the molecule is NCc1ccc(-c2cn3cc(Cl)ccc3n2)cc1. The highest BCUT2D eigenvalue weighted by Gasteiger charge is 2.04. The van der Waals surface area contributed by atoms with Gasteiger partial charge in [-0.05, 0) is 17.7 Å². The molecule has 3 aromatic rings. The van der Waals surface area contributed by atoms with Gasteiger partial charge in [0.25, 0.3) is 0 Å². The summed E-state index contributed by atoms with van der Waals surface area (Å²) in [5.41, 5.74) is 9.59. The molecule has 0 spiro atoms. The minimum Gasteiger partial charge on any atom is -0.326 e. The van der Waals surface area contributed by atoms with Crippen LogP contribution in [0.5, 0.6) is 0 Å². The van der Waals surface area contributed by atoms with Gasteiger partial charge in [-0.2, -0.15) is 0 Å². The van der Waals surface area contributed by atoms with Crippen LogP contribution in [0.2, 0.25) is 5.02 Å². The molecule has 0 bridgehead atoms. The molecule has 3 rings (SSSR count). The second-order valence-corrected chi connectivity index (χ2v) is 4.58. The maximum Gasteiger partial charge on any atom is 0.137 e. The zero-order valence-corrected chi connectivity index (χ0v) is 10.4. The summed E-state index contributed by atoms with van der Waals surface area (Å²) in [5, 5.41) is 0.699. The molecule has 18 heavy (non-hydrogen) atoms. The minimum atomic E-state index is 0.557. The Morgan fingerprint density at radius 1 is 1.06 bits per heavy atom. The maximum atomic E-state index is 5.95. The third-order valence-electron chi connectivity index (χ3n) is 2.90. The molecule has 2 N–H and O–H groups in total. The Kier molecular flexibility index (Phi) is 2.78. The van der Waals surface area contributed by atoms with E-state index in [9.17, 15) is 0 Å². The van der Waals surface area contributed by atoms with Crippen LogP contribution >= 0.6 is 11.6 Å². The van der Waals surface area contributed by atoms with Crippen molar-refractivity contribution in [2.75, 3.05) is 0 Å². The number of rotatable bonds is 2. The summed E-state index contributed by atoms with van der Waals surface area (Å²) in [5.74, 6) is 0. The summed E-state index contributed by atoms with van der Waals surface area (Å²) in [6.07, 6.45) is 3.82. The highest BCUT2D eigenvalue weighted by Crippen LogP contribution is 2.20. The van der Waals surface area contributed by atoms with Crippen molar-refractivity contribution >= 4 is 17.2 Å². The average molecular weight is 258 g/mol. The molecule has 3 nitrogen and oxygen atoms in total. The molecule has 2 aromatic heterocycles. The first kappa shape index (κ1) is 11.3. The van der Waals surface area contributed by atoms with Crippen molar-refractivity contribution in [3.8, 4) is 11.3 Å². The van der Waals surface area contributed by atoms with E-state index >= 15 is 0 Å². The average Bonchev–Trinajstić information content (AvgIpc) is 2.81. The lowest BCUT2D eigenvalue weighted by atomic mass is 10.1. The maximum absolute atomic E-state index is 5.95. The van der Waals surface area contributed by atoms with E-state index in [0.717, 1.165) is 22.5 Å². The molecule has 0 atom stereocenters. The fourth-order valence-corrected chi connectivity index (χ4v) is 2.08. The highest BCUT2D eigenvalue weighted by atomic mass is 35.5. The number of pyridine rings is 1. The third-order valence-corrected chi connectivity index (χ3v) is 3.12. The van der Waals surface area contributed by atoms with Gasteiger partial charge in [0.2, 0.25) is 0 Å². The lowest BCUT2D eigenvalue weighted by molar-refractivity contribution is 1.07. The lowest BCUT2D eigenvalue weighted by Crippen LogP contribution is -1.95. The van der Waals surface area contributed by atoms with Crippen molar-refractivity contribution in [2.45, 2.75) is 6.54 Å². The fourth-order valence-electron chi connectivity index (χ4n) is 1.92. The van der Waals surface area contributed by atoms with E-state index in [4.69, 9.17) is 17.3 Å². The Balaban J connectivity index is 2.07. The number of nitrogens with two attached hydrogens (primary N) is 1.